The average Bonchev–Trinajstić information content (AvgIpc) is 2.69. The summed E-state index contributed by atoms with van der Waals surface area (Å²) in [7, 11) is -3.75. The first-order valence-corrected chi connectivity index (χ1v) is 10.3. The lowest BCUT2D eigenvalue weighted by Gasteiger charge is -2.32. The van der Waals surface area contributed by atoms with E-state index in [-0.39, 0.29) is 23.4 Å². The smallest absolute Gasteiger partial charge is 0.243 e. The molecular formula is C19H22FN3O3S. The van der Waals surface area contributed by atoms with Crippen molar-refractivity contribution in [3.05, 3.63) is 60.2 Å². The van der Waals surface area contributed by atoms with Crippen molar-refractivity contribution in [3.8, 4) is 0 Å². The number of hydrogen-bond donors (Lipinski definition) is 1. The number of nitrogens with one attached hydrogen (secondary N) is 1. The van der Waals surface area contributed by atoms with E-state index in [1.54, 1.807) is 12.4 Å². The van der Waals surface area contributed by atoms with E-state index >= 15 is 0 Å². The van der Waals surface area contributed by atoms with Crippen LogP contribution in [0.4, 0.5) is 4.39 Å². The Hall–Kier alpha value is -2.32. The normalized spacial score (nSPS) is 19.4. The SMILES string of the molecule is CC(NC(=O)C1CCCN(S(=O)(=O)c2ccc(F)cc2)C1)c1ccncc1. The number of halogens is 1. The number of carbonyl (C=O) groups excluding carboxylic acids is 1. The van der Waals surface area contributed by atoms with Gasteiger partial charge in [0.05, 0.1) is 16.9 Å². The molecule has 1 aliphatic heterocycles. The van der Waals surface area contributed by atoms with Gasteiger partial charge in [-0.05, 0) is 61.7 Å². The molecule has 0 aliphatic carbocycles. The number of rotatable bonds is 5. The Balaban J connectivity index is 1.68. The molecule has 1 aliphatic rings. The van der Waals surface area contributed by atoms with E-state index in [9.17, 15) is 17.6 Å². The highest BCUT2D eigenvalue weighted by Crippen LogP contribution is 2.25. The second-order valence-electron chi connectivity index (χ2n) is 6.67. The molecule has 8 heteroatoms. The van der Waals surface area contributed by atoms with E-state index in [4.69, 9.17) is 0 Å². The third kappa shape index (κ3) is 4.51. The lowest BCUT2D eigenvalue weighted by atomic mass is 9.98. The van der Waals surface area contributed by atoms with E-state index in [2.05, 4.69) is 10.3 Å². The molecule has 2 unspecified atom stereocenters. The minimum atomic E-state index is -3.75. The van der Waals surface area contributed by atoms with Gasteiger partial charge in [-0.1, -0.05) is 0 Å². The highest BCUT2D eigenvalue weighted by atomic mass is 32.2. The summed E-state index contributed by atoms with van der Waals surface area (Å²) in [6, 6.07) is 8.22. The third-order valence-electron chi connectivity index (χ3n) is 4.77. The number of benzene rings is 1. The lowest BCUT2D eigenvalue weighted by molar-refractivity contribution is -0.126. The van der Waals surface area contributed by atoms with Gasteiger partial charge in [-0.15, -0.1) is 0 Å². The number of hydrogen-bond acceptors (Lipinski definition) is 4. The molecule has 27 heavy (non-hydrogen) atoms. The molecule has 1 aromatic carbocycles. The molecule has 2 atom stereocenters. The van der Waals surface area contributed by atoms with Gasteiger partial charge >= 0.3 is 0 Å². The molecule has 2 heterocycles. The molecule has 1 saturated heterocycles. The van der Waals surface area contributed by atoms with Crippen LogP contribution in [0.1, 0.15) is 31.4 Å². The Morgan fingerprint density at radius 2 is 1.89 bits per heavy atom. The molecule has 1 fully saturated rings. The van der Waals surface area contributed by atoms with Crippen molar-refractivity contribution in [2.75, 3.05) is 13.1 Å². The molecule has 1 N–H and O–H groups in total. The fraction of sp³-hybridized carbons (Fsp3) is 0.368. The largest absolute Gasteiger partial charge is 0.349 e. The van der Waals surface area contributed by atoms with Gasteiger partial charge in [0.15, 0.2) is 0 Å². The minimum absolute atomic E-state index is 0.0371. The Kier molecular flexibility index (Phi) is 5.86. The van der Waals surface area contributed by atoms with Gasteiger partial charge in [-0.25, -0.2) is 12.8 Å². The zero-order valence-electron chi connectivity index (χ0n) is 15.0. The molecule has 0 spiro atoms. The lowest BCUT2D eigenvalue weighted by Crippen LogP contribution is -2.45. The van der Waals surface area contributed by atoms with Crippen LogP contribution in [0.25, 0.3) is 0 Å². The topological polar surface area (TPSA) is 79.4 Å². The maximum absolute atomic E-state index is 13.1. The number of carbonyl (C=O) groups is 1. The first kappa shape index (κ1) is 19.4. The third-order valence-corrected chi connectivity index (χ3v) is 6.65. The molecule has 0 bridgehead atoms. The van der Waals surface area contributed by atoms with Gasteiger partial charge in [0.25, 0.3) is 0 Å². The maximum atomic E-state index is 13.1. The second kappa shape index (κ2) is 8.14. The van der Waals surface area contributed by atoms with Crippen molar-refractivity contribution < 1.29 is 17.6 Å². The van der Waals surface area contributed by atoms with Crippen molar-refractivity contribution in [2.45, 2.75) is 30.7 Å². The van der Waals surface area contributed by atoms with Gasteiger partial charge in [0, 0.05) is 25.5 Å². The highest BCUT2D eigenvalue weighted by molar-refractivity contribution is 7.89. The summed E-state index contributed by atoms with van der Waals surface area (Å²) < 4.78 is 39.9. The molecule has 3 rings (SSSR count). The predicted molar refractivity (Wildman–Crippen MR) is 98.7 cm³/mol. The molecule has 144 valence electrons. The molecule has 1 aromatic heterocycles. The summed E-state index contributed by atoms with van der Waals surface area (Å²) in [5.74, 6) is -1.08. The Labute approximate surface area is 158 Å². The van der Waals surface area contributed by atoms with Crippen molar-refractivity contribution in [1.82, 2.24) is 14.6 Å². The summed E-state index contributed by atoms with van der Waals surface area (Å²) >= 11 is 0. The Morgan fingerprint density at radius 3 is 2.56 bits per heavy atom. The molecule has 1 amide bonds. The van der Waals surface area contributed by atoms with Crippen molar-refractivity contribution in [2.24, 2.45) is 5.92 Å². The first-order valence-electron chi connectivity index (χ1n) is 8.84. The summed E-state index contributed by atoms with van der Waals surface area (Å²) in [6.45, 7) is 2.35. The van der Waals surface area contributed by atoms with Crippen molar-refractivity contribution in [1.29, 1.82) is 0 Å². The van der Waals surface area contributed by atoms with Crippen LogP contribution in [0.2, 0.25) is 0 Å². The monoisotopic (exact) mass is 391 g/mol. The fourth-order valence-electron chi connectivity index (χ4n) is 3.20. The number of piperidine rings is 1. The molecule has 0 saturated carbocycles. The number of pyridine rings is 1. The molecule has 0 radical (unpaired) electrons. The van der Waals surface area contributed by atoms with Gasteiger partial charge in [-0.2, -0.15) is 4.31 Å². The van der Waals surface area contributed by atoms with Crippen LogP contribution < -0.4 is 5.32 Å². The first-order chi connectivity index (χ1) is 12.9. The van der Waals surface area contributed by atoms with Crippen LogP contribution in [0.5, 0.6) is 0 Å². The number of amides is 1. The van der Waals surface area contributed by atoms with E-state index in [0.717, 1.165) is 17.7 Å². The standard InChI is InChI=1S/C19H22FN3O3S/c1-14(15-8-10-21-11-9-15)22-19(24)16-3-2-12-23(13-16)27(25,26)18-6-4-17(20)5-7-18/h4-11,14,16H,2-3,12-13H2,1H3,(H,22,24). The summed E-state index contributed by atoms with van der Waals surface area (Å²) in [5.41, 5.74) is 0.935. The van der Waals surface area contributed by atoms with E-state index in [0.29, 0.717) is 19.4 Å². The van der Waals surface area contributed by atoms with Gasteiger partial charge < -0.3 is 5.32 Å². The second-order valence-corrected chi connectivity index (χ2v) is 8.60. The van der Waals surface area contributed by atoms with Crippen molar-refractivity contribution >= 4 is 15.9 Å². The van der Waals surface area contributed by atoms with E-state index < -0.39 is 21.8 Å². The van der Waals surface area contributed by atoms with E-state index in [1.165, 1.54) is 16.4 Å². The van der Waals surface area contributed by atoms with Crippen LogP contribution in [0.15, 0.2) is 53.7 Å². The van der Waals surface area contributed by atoms with Crippen molar-refractivity contribution in [3.63, 3.8) is 0 Å². The Morgan fingerprint density at radius 1 is 1.22 bits per heavy atom. The summed E-state index contributed by atoms with van der Waals surface area (Å²) in [5, 5.41) is 2.95. The number of aromatic nitrogens is 1. The average molecular weight is 391 g/mol. The maximum Gasteiger partial charge on any atom is 0.243 e. The number of nitrogens with zero attached hydrogens (tertiary/aromatic N) is 2. The van der Waals surface area contributed by atoms with Crippen LogP contribution in [-0.4, -0.2) is 36.7 Å². The minimum Gasteiger partial charge on any atom is -0.349 e. The zero-order chi connectivity index (χ0) is 19.4. The molecular weight excluding hydrogens is 369 g/mol. The Bertz CT molecular complexity index is 888. The molecule has 2 aromatic rings. The number of sulfonamides is 1. The molecule has 6 nitrogen and oxygen atoms in total. The predicted octanol–water partition coefficient (Wildman–Crippen LogP) is 2.50. The van der Waals surface area contributed by atoms with Gasteiger partial charge in [0.1, 0.15) is 5.82 Å². The van der Waals surface area contributed by atoms with Gasteiger partial charge in [0.2, 0.25) is 15.9 Å². The fourth-order valence-corrected chi connectivity index (χ4v) is 4.72. The van der Waals surface area contributed by atoms with Crippen LogP contribution in [-0.2, 0) is 14.8 Å². The highest BCUT2D eigenvalue weighted by Gasteiger charge is 2.33. The summed E-state index contributed by atoms with van der Waals surface area (Å²) in [6.07, 6.45) is 4.55. The summed E-state index contributed by atoms with van der Waals surface area (Å²) in [4.78, 5) is 16.6. The van der Waals surface area contributed by atoms with Gasteiger partial charge in [-0.3, -0.25) is 9.78 Å². The van der Waals surface area contributed by atoms with Crippen LogP contribution >= 0.6 is 0 Å². The van der Waals surface area contributed by atoms with Crippen LogP contribution in [0.3, 0.4) is 0 Å². The zero-order valence-corrected chi connectivity index (χ0v) is 15.8. The van der Waals surface area contributed by atoms with Crippen LogP contribution in [0, 0.1) is 11.7 Å². The quantitative estimate of drug-likeness (QED) is 0.849. The van der Waals surface area contributed by atoms with E-state index in [1.807, 2.05) is 19.1 Å².